The van der Waals surface area contributed by atoms with Crippen LogP contribution in [0.4, 0.5) is 0 Å². The Morgan fingerprint density at radius 1 is 1.33 bits per heavy atom. The number of ether oxygens (including phenoxy) is 1. The summed E-state index contributed by atoms with van der Waals surface area (Å²) in [4.78, 5) is 0. The van der Waals surface area contributed by atoms with Crippen LogP contribution in [0.2, 0.25) is 0 Å². The van der Waals surface area contributed by atoms with Gasteiger partial charge in [0.2, 0.25) is 0 Å². The predicted molar refractivity (Wildman–Crippen MR) is 51.0 cm³/mol. The van der Waals surface area contributed by atoms with Crippen LogP contribution in [0, 0.1) is 11.8 Å². The van der Waals surface area contributed by atoms with Crippen molar-refractivity contribution in [2.24, 2.45) is 17.6 Å². The Balaban J connectivity index is 2.48. The lowest BCUT2D eigenvalue weighted by atomic mass is 9.78. The summed E-state index contributed by atoms with van der Waals surface area (Å²) >= 11 is 0. The first-order valence-electron chi connectivity index (χ1n) is 5.02. The number of nitrogens with two attached hydrogens (primary N) is 1. The Labute approximate surface area is 75.5 Å². The molecule has 0 aromatic carbocycles. The molecule has 0 bridgehead atoms. The van der Waals surface area contributed by atoms with Crippen molar-refractivity contribution in [3.05, 3.63) is 0 Å². The minimum Gasteiger partial charge on any atom is -0.377 e. The third kappa shape index (κ3) is 2.20. The van der Waals surface area contributed by atoms with Gasteiger partial charge in [-0.15, -0.1) is 0 Å². The molecule has 1 saturated carbocycles. The monoisotopic (exact) mass is 171 g/mol. The first-order chi connectivity index (χ1) is 5.65. The van der Waals surface area contributed by atoms with Crippen LogP contribution in [0.3, 0.4) is 0 Å². The van der Waals surface area contributed by atoms with Crippen LogP contribution in [0.15, 0.2) is 0 Å². The van der Waals surface area contributed by atoms with E-state index in [0.29, 0.717) is 12.0 Å². The highest BCUT2D eigenvalue weighted by Gasteiger charge is 2.31. The average Bonchev–Trinajstić information content (AvgIpc) is 1.96. The molecule has 0 radical (unpaired) electrons. The standard InChI is InChI=1S/C10H21NO/c1-4-12-10-8(3)5-7(2)6-9(10)11/h7-10H,4-6,11H2,1-3H3. The van der Waals surface area contributed by atoms with Crippen molar-refractivity contribution < 1.29 is 4.74 Å². The molecule has 1 rings (SSSR count). The van der Waals surface area contributed by atoms with E-state index < -0.39 is 0 Å². The number of rotatable bonds is 2. The fourth-order valence-corrected chi connectivity index (χ4v) is 2.37. The minimum absolute atomic E-state index is 0.253. The molecule has 2 nitrogen and oxygen atoms in total. The van der Waals surface area contributed by atoms with E-state index in [-0.39, 0.29) is 6.04 Å². The van der Waals surface area contributed by atoms with Gasteiger partial charge < -0.3 is 10.5 Å². The van der Waals surface area contributed by atoms with E-state index in [2.05, 4.69) is 13.8 Å². The van der Waals surface area contributed by atoms with Crippen molar-refractivity contribution in [1.82, 2.24) is 0 Å². The third-order valence-electron chi connectivity index (χ3n) is 2.79. The van der Waals surface area contributed by atoms with Gasteiger partial charge >= 0.3 is 0 Å². The van der Waals surface area contributed by atoms with Crippen molar-refractivity contribution >= 4 is 0 Å². The fraction of sp³-hybridized carbons (Fsp3) is 1.00. The Bertz CT molecular complexity index is 126. The zero-order chi connectivity index (χ0) is 9.14. The number of hydrogen-bond acceptors (Lipinski definition) is 2. The van der Waals surface area contributed by atoms with Gasteiger partial charge in [0.25, 0.3) is 0 Å². The maximum atomic E-state index is 6.02. The second-order valence-corrected chi connectivity index (χ2v) is 4.14. The zero-order valence-corrected chi connectivity index (χ0v) is 8.42. The van der Waals surface area contributed by atoms with Crippen LogP contribution in [-0.2, 0) is 4.74 Å². The van der Waals surface area contributed by atoms with Gasteiger partial charge in [-0.1, -0.05) is 13.8 Å². The van der Waals surface area contributed by atoms with Crippen molar-refractivity contribution in [2.45, 2.75) is 45.8 Å². The Hall–Kier alpha value is -0.0800. The molecule has 0 aromatic heterocycles. The van der Waals surface area contributed by atoms with Gasteiger partial charge in [-0.3, -0.25) is 0 Å². The van der Waals surface area contributed by atoms with Crippen molar-refractivity contribution in [3.63, 3.8) is 0 Å². The van der Waals surface area contributed by atoms with E-state index in [9.17, 15) is 0 Å². The number of hydrogen-bond donors (Lipinski definition) is 1. The van der Waals surface area contributed by atoms with E-state index in [1.807, 2.05) is 6.92 Å². The smallest absolute Gasteiger partial charge is 0.0751 e. The lowest BCUT2D eigenvalue weighted by molar-refractivity contribution is -0.0223. The highest BCUT2D eigenvalue weighted by molar-refractivity contribution is 4.86. The molecule has 1 aliphatic rings. The largest absolute Gasteiger partial charge is 0.377 e. The van der Waals surface area contributed by atoms with Crippen molar-refractivity contribution in [1.29, 1.82) is 0 Å². The highest BCUT2D eigenvalue weighted by Crippen LogP contribution is 2.29. The molecule has 1 fully saturated rings. The Kier molecular flexibility index (Phi) is 3.53. The molecule has 0 aromatic rings. The summed E-state index contributed by atoms with van der Waals surface area (Å²) < 4.78 is 5.63. The molecule has 72 valence electrons. The van der Waals surface area contributed by atoms with E-state index >= 15 is 0 Å². The third-order valence-corrected chi connectivity index (χ3v) is 2.79. The summed E-state index contributed by atoms with van der Waals surface area (Å²) in [5, 5.41) is 0. The topological polar surface area (TPSA) is 35.2 Å². The summed E-state index contributed by atoms with van der Waals surface area (Å²) in [5.74, 6) is 1.40. The zero-order valence-electron chi connectivity index (χ0n) is 8.42. The molecule has 0 amide bonds. The highest BCUT2D eigenvalue weighted by atomic mass is 16.5. The summed E-state index contributed by atoms with van der Waals surface area (Å²) in [6.45, 7) is 7.35. The fourth-order valence-electron chi connectivity index (χ4n) is 2.37. The maximum Gasteiger partial charge on any atom is 0.0751 e. The van der Waals surface area contributed by atoms with Gasteiger partial charge in [0.1, 0.15) is 0 Å². The Morgan fingerprint density at radius 2 is 2.00 bits per heavy atom. The van der Waals surface area contributed by atoms with Gasteiger partial charge in [-0.25, -0.2) is 0 Å². The van der Waals surface area contributed by atoms with Crippen molar-refractivity contribution in [3.8, 4) is 0 Å². The molecule has 2 heteroatoms. The summed E-state index contributed by atoms with van der Waals surface area (Å²) in [6.07, 6.45) is 2.68. The SMILES string of the molecule is CCOC1C(C)CC(C)CC1N. The van der Waals surface area contributed by atoms with Crippen LogP contribution in [0.25, 0.3) is 0 Å². The molecule has 0 aliphatic heterocycles. The molecule has 0 saturated heterocycles. The average molecular weight is 171 g/mol. The van der Waals surface area contributed by atoms with Crippen LogP contribution < -0.4 is 5.73 Å². The molecular weight excluding hydrogens is 150 g/mol. The first kappa shape index (κ1) is 10.0. The van der Waals surface area contributed by atoms with Gasteiger partial charge in [0.05, 0.1) is 6.10 Å². The normalized spacial score (nSPS) is 43.0. The van der Waals surface area contributed by atoms with Gasteiger partial charge in [-0.2, -0.15) is 0 Å². The molecule has 0 spiro atoms. The van der Waals surface area contributed by atoms with Crippen LogP contribution >= 0.6 is 0 Å². The van der Waals surface area contributed by atoms with Gasteiger partial charge in [0, 0.05) is 12.6 Å². The first-order valence-corrected chi connectivity index (χ1v) is 5.02. The quantitative estimate of drug-likeness (QED) is 0.687. The van der Waals surface area contributed by atoms with Crippen LogP contribution in [0.5, 0.6) is 0 Å². The molecule has 12 heavy (non-hydrogen) atoms. The van der Waals surface area contributed by atoms with E-state index in [1.54, 1.807) is 0 Å². The van der Waals surface area contributed by atoms with Crippen LogP contribution in [-0.4, -0.2) is 18.8 Å². The van der Waals surface area contributed by atoms with Gasteiger partial charge in [0.15, 0.2) is 0 Å². The second kappa shape index (κ2) is 4.24. The second-order valence-electron chi connectivity index (χ2n) is 4.14. The van der Waals surface area contributed by atoms with E-state index in [1.165, 1.54) is 6.42 Å². The summed E-state index contributed by atoms with van der Waals surface area (Å²) in [6, 6.07) is 0.253. The van der Waals surface area contributed by atoms with Crippen LogP contribution in [0.1, 0.15) is 33.6 Å². The lowest BCUT2D eigenvalue weighted by Crippen LogP contribution is -2.46. The molecule has 1 aliphatic carbocycles. The van der Waals surface area contributed by atoms with Gasteiger partial charge in [-0.05, 0) is 31.6 Å². The molecule has 4 unspecified atom stereocenters. The van der Waals surface area contributed by atoms with E-state index in [4.69, 9.17) is 10.5 Å². The minimum atomic E-state index is 0.253. The van der Waals surface area contributed by atoms with Crippen molar-refractivity contribution in [2.75, 3.05) is 6.61 Å². The molecule has 4 atom stereocenters. The van der Waals surface area contributed by atoms with E-state index in [0.717, 1.165) is 18.9 Å². The summed E-state index contributed by atoms with van der Waals surface area (Å²) in [5.41, 5.74) is 6.02. The summed E-state index contributed by atoms with van der Waals surface area (Å²) in [7, 11) is 0. The lowest BCUT2D eigenvalue weighted by Gasteiger charge is -2.37. The predicted octanol–water partition coefficient (Wildman–Crippen LogP) is 1.78. The maximum absolute atomic E-state index is 6.02. The molecule has 0 heterocycles. The molecular formula is C10H21NO. The molecule has 2 N–H and O–H groups in total. The Morgan fingerprint density at radius 3 is 2.50 bits per heavy atom.